The van der Waals surface area contributed by atoms with Crippen molar-refractivity contribution in [3.8, 4) is 5.75 Å². The average Bonchev–Trinajstić information content (AvgIpc) is 2.43. The molecule has 1 fully saturated rings. The van der Waals surface area contributed by atoms with Crippen LogP contribution in [0.25, 0.3) is 0 Å². The molecular weight excluding hydrogens is 292 g/mol. The molecule has 100 valence electrons. The molecule has 1 unspecified atom stereocenters. The fourth-order valence-electron chi connectivity index (χ4n) is 2.33. The van der Waals surface area contributed by atoms with E-state index in [1.807, 2.05) is 24.3 Å². The van der Waals surface area contributed by atoms with Gasteiger partial charge in [0, 0.05) is 11.0 Å². The van der Waals surface area contributed by atoms with Crippen LogP contribution in [-0.2, 0) is 0 Å². The summed E-state index contributed by atoms with van der Waals surface area (Å²) in [5, 5.41) is 0. The lowest BCUT2D eigenvalue weighted by molar-refractivity contribution is 0.118. The maximum Gasteiger partial charge on any atom is 0.119 e. The molecule has 0 spiro atoms. The standard InChI is InChI=1S/C14H21BrN2O/c15-12-4-6-14(7-5-12)18-11-13(10-16)17-8-2-1-3-9-17/h4-7,13H,1-3,8-11,16H2. The van der Waals surface area contributed by atoms with Gasteiger partial charge in [0.15, 0.2) is 0 Å². The van der Waals surface area contributed by atoms with Crippen molar-refractivity contribution in [2.75, 3.05) is 26.2 Å². The fraction of sp³-hybridized carbons (Fsp3) is 0.571. The zero-order valence-electron chi connectivity index (χ0n) is 10.6. The Morgan fingerprint density at radius 1 is 1.17 bits per heavy atom. The molecule has 3 nitrogen and oxygen atoms in total. The van der Waals surface area contributed by atoms with Crippen molar-refractivity contribution in [3.63, 3.8) is 0 Å². The van der Waals surface area contributed by atoms with Crippen LogP contribution in [0, 0.1) is 0 Å². The van der Waals surface area contributed by atoms with E-state index in [4.69, 9.17) is 10.5 Å². The largest absolute Gasteiger partial charge is 0.492 e. The Labute approximate surface area is 117 Å². The Morgan fingerprint density at radius 2 is 1.83 bits per heavy atom. The number of nitrogens with two attached hydrogens (primary N) is 1. The summed E-state index contributed by atoms with van der Waals surface area (Å²) in [6, 6.07) is 8.29. The van der Waals surface area contributed by atoms with E-state index in [0.717, 1.165) is 23.3 Å². The van der Waals surface area contributed by atoms with Crippen LogP contribution < -0.4 is 10.5 Å². The second-order valence-corrected chi connectivity index (χ2v) is 5.67. The van der Waals surface area contributed by atoms with E-state index in [1.165, 1.54) is 19.3 Å². The Bertz CT molecular complexity index is 349. The highest BCUT2D eigenvalue weighted by Crippen LogP contribution is 2.17. The number of nitrogens with zero attached hydrogens (tertiary/aromatic N) is 1. The Balaban J connectivity index is 1.84. The minimum atomic E-state index is 0.342. The summed E-state index contributed by atoms with van der Waals surface area (Å²) in [7, 11) is 0. The quantitative estimate of drug-likeness (QED) is 0.908. The van der Waals surface area contributed by atoms with Crippen LogP contribution in [0.1, 0.15) is 19.3 Å². The summed E-state index contributed by atoms with van der Waals surface area (Å²) in [6.45, 7) is 3.66. The van der Waals surface area contributed by atoms with Crippen molar-refractivity contribution in [3.05, 3.63) is 28.7 Å². The number of piperidine rings is 1. The number of ether oxygens (including phenoxy) is 1. The smallest absolute Gasteiger partial charge is 0.119 e. The van der Waals surface area contributed by atoms with E-state index >= 15 is 0 Å². The molecule has 1 saturated heterocycles. The van der Waals surface area contributed by atoms with Gasteiger partial charge in [-0.15, -0.1) is 0 Å². The van der Waals surface area contributed by atoms with Gasteiger partial charge in [0.05, 0.1) is 6.04 Å². The van der Waals surface area contributed by atoms with E-state index in [0.29, 0.717) is 19.2 Å². The van der Waals surface area contributed by atoms with Crippen molar-refractivity contribution in [1.29, 1.82) is 0 Å². The van der Waals surface area contributed by atoms with Gasteiger partial charge in [0.2, 0.25) is 0 Å². The molecule has 0 radical (unpaired) electrons. The third kappa shape index (κ3) is 3.97. The molecule has 1 aromatic rings. The predicted molar refractivity (Wildman–Crippen MR) is 77.9 cm³/mol. The molecule has 2 rings (SSSR count). The zero-order valence-corrected chi connectivity index (χ0v) is 12.2. The van der Waals surface area contributed by atoms with Crippen LogP contribution in [-0.4, -0.2) is 37.2 Å². The third-order valence-corrected chi connectivity index (χ3v) is 3.96. The topological polar surface area (TPSA) is 38.5 Å². The fourth-order valence-corrected chi connectivity index (χ4v) is 2.59. The lowest BCUT2D eigenvalue weighted by Gasteiger charge is -2.33. The van der Waals surface area contributed by atoms with E-state index in [2.05, 4.69) is 20.8 Å². The molecule has 2 N–H and O–H groups in total. The number of likely N-dealkylation sites (tertiary alicyclic amines) is 1. The summed E-state index contributed by atoms with van der Waals surface area (Å²) in [5.74, 6) is 0.911. The first-order valence-electron chi connectivity index (χ1n) is 6.62. The minimum Gasteiger partial charge on any atom is -0.492 e. The second-order valence-electron chi connectivity index (χ2n) is 4.75. The third-order valence-electron chi connectivity index (χ3n) is 3.44. The lowest BCUT2D eigenvalue weighted by atomic mass is 10.1. The molecule has 0 aromatic heterocycles. The maximum absolute atomic E-state index is 5.86. The molecule has 1 aliphatic heterocycles. The second kappa shape index (κ2) is 7.12. The van der Waals surface area contributed by atoms with E-state index in [1.54, 1.807) is 0 Å². The van der Waals surface area contributed by atoms with Gasteiger partial charge in [-0.2, -0.15) is 0 Å². The maximum atomic E-state index is 5.86. The molecule has 4 heteroatoms. The molecule has 1 heterocycles. The Hall–Kier alpha value is -0.580. The predicted octanol–water partition coefficient (Wildman–Crippen LogP) is 2.64. The first kappa shape index (κ1) is 13.8. The highest BCUT2D eigenvalue weighted by molar-refractivity contribution is 9.10. The van der Waals surface area contributed by atoms with Crippen molar-refractivity contribution in [2.45, 2.75) is 25.3 Å². The Kier molecular flexibility index (Phi) is 5.47. The van der Waals surface area contributed by atoms with Gasteiger partial charge in [0.25, 0.3) is 0 Å². The summed E-state index contributed by atoms with van der Waals surface area (Å²) in [5.41, 5.74) is 5.86. The van der Waals surface area contributed by atoms with Crippen molar-refractivity contribution in [1.82, 2.24) is 4.90 Å². The molecule has 0 saturated carbocycles. The average molecular weight is 313 g/mol. The molecule has 1 aliphatic rings. The van der Waals surface area contributed by atoms with Crippen LogP contribution in [0.4, 0.5) is 0 Å². The van der Waals surface area contributed by atoms with Gasteiger partial charge in [0.1, 0.15) is 12.4 Å². The first-order valence-corrected chi connectivity index (χ1v) is 7.41. The van der Waals surface area contributed by atoms with Gasteiger partial charge < -0.3 is 10.5 Å². The highest BCUT2D eigenvalue weighted by Gasteiger charge is 2.19. The van der Waals surface area contributed by atoms with E-state index < -0.39 is 0 Å². The normalized spacial score (nSPS) is 18.6. The molecule has 0 aliphatic carbocycles. The minimum absolute atomic E-state index is 0.342. The molecule has 18 heavy (non-hydrogen) atoms. The van der Waals surface area contributed by atoms with Gasteiger partial charge in [-0.1, -0.05) is 22.4 Å². The highest BCUT2D eigenvalue weighted by atomic mass is 79.9. The molecule has 1 aromatic carbocycles. The molecular formula is C14H21BrN2O. The van der Waals surface area contributed by atoms with Crippen molar-refractivity contribution in [2.24, 2.45) is 5.73 Å². The van der Waals surface area contributed by atoms with Crippen molar-refractivity contribution < 1.29 is 4.74 Å². The van der Waals surface area contributed by atoms with E-state index in [-0.39, 0.29) is 0 Å². The first-order chi connectivity index (χ1) is 8.79. The molecule has 0 bridgehead atoms. The molecule has 1 atom stereocenters. The van der Waals surface area contributed by atoms with Gasteiger partial charge >= 0.3 is 0 Å². The number of halogens is 1. The lowest BCUT2D eigenvalue weighted by Crippen LogP contribution is -2.46. The van der Waals surface area contributed by atoms with Crippen LogP contribution in [0.5, 0.6) is 5.75 Å². The number of benzene rings is 1. The van der Waals surface area contributed by atoms with Gasteiger partial charge in [-0.25, -0.2) is 0 Å². The van der Waals surface area contributed by atoms with E-state index in [9.17, 15) is 0 Å². The SMILES string of the molecule is NCC(COc1ccc(Br)cc1)N1CCCCC1. The monoisotopic (exact) mass is 312 g/mol. The van der Waals surface area contributed by atoms with Gasteiger partial charge in [-0.3, -0.25) is 4.90 Å². The number of rotatable bonds is 5. The van der Waals surface area contributed by atoms with Gasteiger partial charge in [-0.05, 0) is 50.2 Å². The van der Waals surface area contributed by atoms with Crippen LogP contribution in [0.15, 0.2) is 28.7 Å². The van der Waals surface area contributed by atoms with Crippen LogP contribution in [0.2, 0.25) is 0 Å². The summed E-state index contributed by atoms with van der Waals surface area (Å²) >= 11 is 3.42. The Morgan fingerprint density at radius 3 is 2.44 bits per heavy atom. The zero-order chi connectivity index (χ0) is 12.8. The molecule has 0 amide bonds. The van der Waals surface area contributed by atoms with Crippen molar-refractivity contribution >= 4 is 15.9 Å². The van der Waals surface area contributed by atoms with Crippen LogP contribution in [0.3, 0.4) is 0 Å². The van der Waals surface area contributed by atoms with Crippen LogP contribution >= 0.6 is 15.9 Å². The number of hydrogen-bond acceptors (Lipinski definition) is 3. The number of hydrogen-bond donors (Lipinski definition) is 1. The summed E-state index contributed by atoms with van der Waals surface area (Å²) < 4.78 is 6.90. The summed E-state index contributed by atoms with van der Waals surface area (Å²) in [4.78, 5) is 2.46. The summed E-state index contributed by atoms with van der Waals surface area (Å²) in [6.07, 6.45) is 3.92.